The molecule has 23 heavy (non-hydrogen) atoms. The van der Waals surface area contributed by atoms with Gasteiger partial charge >= 0.3 is 0 Å². The second-order valence-electron chi connectivity index (χ2n) is 6.10. The van der Waals surface area contributed by atoms with E-state index in [4.69, 9.17) is 0 Å². The highest BCUT2D eigenvalue weighted by Crippen LogP contribution is 2.17. The van der Waals surface area contributed by atoms with Gasteiger partial charge in [0.05, 0.1) is 0 Å². The molecule has 1 aliphatic heterocycles. The van der Waals surface area contributed by atoms with Gasteiger partial charge in [0.1, 0.15) is 0 Å². The maximum absolute atomic E-state index is 4.35. The van der Waals surface area contributed by atoms with E-state index in [1.807, 2.05) is 7.05 Å². The predicted octanol–water partition coefficient (Wildman–Crippen LogP) is 3.51. The number of hydrogen-bond acceptors (Lipinski definition) is 3. The van der Waals surface area contributed by atoms with E-state index < -0.39 is 0 Å². The molecule has 132 valence electrons. The largest absolute Gasteiger partial charge is 0.356 e. The summed E-state index contributed by atoms with van der Waals surface area (Å²) in [6.07, 6.45) is 3.89. The fourth-order valence-corrected chi connectivity index (χ4v) is 3.78. The van der Waals surface area contributed by atoms with Gasteiger partial charge in [-0.25, -0.2) is 0 Å². The van der Waals surface area contributed by atoms with Crippen molar-refractivity contribution >= 4 is 41.3 Å². The summed E-state index contributed by atoms with van der Waals surface area (Å²) in [7, 11) is 1.85. The van der Waals surface area contributed by atoms with Crippen molar-refractivity contribution in [2.75, 3.05) is 33.2 Å². The normalized spacial score (nSPS) is 18.3. The van der Waals surface area contributed by atoms with Crippen molar-refractivity contribution in [3.05, 3.63) is 22.4 Å². The second kappa shape index (κ2) is 11.3. The number of aliphatic imine (C=N–C) groups is 1. The average Bonchev–Trinajstić information content (AvgIpc) is 3.23. The summed E-state index contributed by atoms with van der Waals surface area (Å²) in [5, 5.41) is 11.3. The van der Waals surface area contributed by atoms with E-state index in [1.165, 1.54) is 37.9 Å². The Balaban J connectivity index is 0.00000264. The maximum Gasteiger partial charge on any atom is 0.191 e. The minimum Gasteiger partial charge on any atom is -0.356 e. The lowest BCUT2D eigenvalue weighted by Gasteiger charge is -2.27. The molecule has 1 fully saturated rings. The number of rotatable bonds is 7. The van der Waals surface area contributed by atoms with Gasteiger partial charge < -0.3 is 10.6 Å². The maximum atomic E-state index is 4.35. The summed E-state index contributed by atoms with van der Waals surface area (Å²) in [4.78, 5) is 6.96. The predicted molar refractivity (Wildman–Crippen MR) is 112 cm³/mol. The van der Waals surface area contributed by atoms with Crippen molar-refractivity contribution in [2.45, 2.75) is 45.1 Å². The summed E-state index contributed by atoms with van der Waals surface area (Å²) in [5.41, 5.74) is 1.40. The van der Waals surface area contributed by atoms with Crippen molar-refractivity contribution in [2.24, 2.45) is 4.99 Å². The smallest absolute Gasteiger partial charge is 0.191 e. The van der Waals surface area contributed by atoms with Crippen molar-refractivity contribution in [3.8, 4) is 0 Å². The van der Waals surface area contributed by atoms with Crippen molar-refractivity contribution < 1.29 is 0 Å². The highest BCUT2D eigenvalue weighted by molar-refractivity contribution is 14.0. The Morgan fingerprint density at radius 2 is 2.00 bits per heavy atom. The number of guanidine groups is 1. The lowest BCUT2D eigenvalue weighted by Crippen LogP contribution is -2.46. The minimum absolute atomic E-state index is 0. The van der Waals surface area contributed by atoms with Gasteiger partial charge in [-0.15, -0.1) is 24.0 Å². The Morgan fingerprint density at radius 3 is 2.57 bits per heavy atom. The van der Waals surface area contributed by atoms with Crippen LogP contribution in [0.5, 0.6) is 0 Å². The Bertz CT molecular complexity index is 443. The van der Waals surface area contributed by atoms with Crippen LogP contribution >= 0.6 is 35.3 Å². The zero-order chi connectivity index (χ0) is 15.8. The number of thiophene rings is 1. The molecule has 2 rings (SSSR count). The van der Waals surface area contributed by atoms with Gasteiger partial charge in [-0.3, -0.25) is 9.89 Å². The van der Waals surface area contributed by atoms with Crippen LogP contribution in [-0.2, 0) is 0 Å². The van der Waals surface area contributed by atoms with Crippen LogP contribution < -0.4 is 10.6 Å². The number of halogens is 1. The average molecular weight is 450 g/mol. The monoisotopic (exact) mass is 450 g/mol. The van der Waals surface area contributed by atoms with Gasteiger partial charge in [-0.1, -0.05) is 13.8 Å². The van der Waals surface area contributed by atoms with E-state index >= 15 is 0 Å². The van der Waals surface area contributed by atoms with E-state index in [-0.39, 0.29) is 24.0 Å². The highest BCUT2D eigenvalue weighted by atomic mass is 127. The standard InChI is InChI=1S/C17H30N4S.HI/c1-4-16(21-8-5-6-9-21)12-20-17(18-3)19-11-14(2)15-7-10-22-13-15;/h7,10,13-14,16H,4-6,8-9,11-12H2,1-3H3,(H2,18,19,20);1H. The summed E-state index contributed by atoms with van der Waals surface area (Å²) >= 11 is 1.76. The molecular formula is C17H31IN4S. The molecule has 0 aromatic carbocycles. The van der Waals surface area contributed by atoms with Gasteiger partial charge in [0, 0.05) is 26.2 Å². The van der Waals surface area contributed by atoms with E-state index in [0.717, 1.165) is 19.0 Å². The van der Waals surface area contributed by atoms with E-state index in [0.29, 0.717) is 12.0 Å². The van der Waals surface area contributed by atoms with Crippen LogP contribution in [0.2, 0.25) is 0 Å². The van der Waals surface area contributed by atoms with Crippen LogP contribution in [0.25, 0.3) is 0 Å². The molecule has 1 aromatic rings. The van der Waals surface area contributed by atoms with Gasteiger partial charge in [0.25, 0.3) is 0 Å². The molecule has 1 saturated heterocycles. The van der Waals surface area contributed by atoms with Crippen LogP contribution in [0.3, 0.4) is 0 Å². The third kappa shape index (κ3) is 6.58. The second-order valence-corrected chi connectivity index (χ2v) is 6.88. The molecule has 1 aliphatic rings. The number of likely N-dealkylation sites (tertiary alicyclic amines) is 1. The zero-order valence-electron chi connectivity index (χ0n) is 14.5. The molecular weight excluding hydrogens is 419 g/mol. The van der Waals surface area contributed by atoms with Crippen LogP contribution in [0.4, 0.5) is 0 Å². The Hall–Kier alpha value is -0.340. The topological polar surface area (TPSA) is 39.7 Å². The Labute approximate surface area is 162 Å². The molecule has 0 amide bonds. The Morgan fingerprint density at radius 1 is 1.30 bits per heavy atom. The van der Waals surface area contributed by atoms with Crippen LogP contribution in [-0.4, -0.2) is 50.1 Å². The molecule has 2 N–H and O–H groups in total. The first-order valence-electron chi connectivity index (χ1n) is 8.45. The molecule has 0 radical (unpaired) electrons. The first-order chi connectivity index (χ1) is 10.7. The SMILES string of the molecule is CCC(CNC(=NC)NCC(C)c1ccsc1)N1CCCC1.I. The molecule has 1 aromatic heterocycles. The third-order valence-electron chi connectivity index (χ3n) is 4.54. The van der Waals surface area contributed by atoms with Gasteiger partial charge in [0.2, 0.25) is 0 Å². The molecule has 6 heteroatoms. The first kappa shape index (κ1) is 20.7. The highest BCUT2D eigenvalue weighted by Gasteiger charge is 2.20. The van der Waals surface area contributed by atoms with Gasteiger partial charge in [-0.05, 0) is 60.7 Å². The molecule has 2 unspecified atom stereocenters. The zero-order valence-corrected chi connectivity index (χ0v) is 17.7. The lowest BCUT2D eigenvalue weighted by molar-refractivity contribution is 0.236. The summed E-state index contributed by atoms with van der Waals surface area (Å²) in [5.74, 6) is 1.42. The fraction of sp³-hybridized carbons (Fsp3) is 0.706. The number of nitrogens with one attached hydrogen (secondary N) is 2. The van der Waals surface area contributed by atoms with Crippen molar-refractivity contribution in [1.29, 1.82) is 0 Å². The number of hydrogen-bond donors (Lipinski definition) is 2. The fourth-order valence-electron chi connectivity index (χ4n) is 3.00. The molecule has 4 nitrogen and oxygen atoms in total. The van der Waals surface area contributed by atoms with Crippen LogP contribution in [0, 0.1) is 0 Å². The minimum atomic E-state index is 0. The lowest BCUT2D eigenvalue weighted by atomic mass is 10.1. The number of nitrogens with zero attached hydrogens (tertiary/aromatic N) is 2. The van der Waals surface area contributed by atoms with Crippen molar-refractivity contribution in [1.82, 2.24) is 15.5 Å². The van der Waals surface area contributed by atoms with E-state index in [1.54, 1.807) is 11.3 Å². The molecule has 2 heterocycles. The summed E-state index contributed by atoms with van der Waals surface area (Å²) in [6, 6.07) is 2.82. The summed E-state index contributed by atoms with van der Waals surface area (Å²) in [6.45, 7) is 8.92. The molecule has 0 saturated carbocycles. The van der Waals surface area contributed by atoms with Crippen LogP contribution in [0.15, 0.2) is 21.8 Å². The Kier molecular flexibility index (Phi) is 10.1. The molecule has 2 atom stereocenters. The van der Waals surface area contributed by atoms with E-state index in [2.05, 4.69) is 51.2 Å². The van der Waals surface area contributed by atoms with Gasteiger partial charge in [0.15, 0.2) is 5.96 Å². The molecule has 0 spiro atoms. The van der Waals surface area contributed by atoms with E-state index in [9.17, 15) is 0 Å². The molecule has 0 aliphatic carbocycles. The molecule has 0 bridgehead atoms. The van der Waals surface area contributed by atoms with Gasteiger partial charge in [-0.2, -0.15) is 11.3 Å². The summed E-state index contributed by atoms with van der Waals surface area (Å²) < 4.78 is 0. The first-order valence-corrected chi connectivity index (χ1v) is 9.39. The third-order valence-corrected chi connectivity index (χ3v) is 5.25. The van der Waals surface area contributed by atoms with Crippen molar-refractivity contribution in [3.63, 3.8) is 0 Å². The quantitative estimate of drug-likeness (QED) is 0.380. The van der Waals surface area contributed by atoms with Crippen LogP contribution in [0.1, 0.15) is 44.6 Å².